The Kier molecular flexibility index (Phi) is 25.9. The highest BCUT2D eigenvalue weighted by molar-refractivity contribution is 7.45. The molecule has 1 amide bonds. The lowest BCUT2D eigenvalue weighted by Crippen LogP contribution is -2.45. The van der Waals surface area contributed by atoms with Crippen LogP contribution in [0.5, 0.6) is 0 Å². The molecule has 9 heteroatoms. The van der Waals surface area contributed by atoms with Crippen molar-refractivity contribution in [3.8, 4) is 0 Å². The molecule has 0 aliphatic heterocycles. The number of carbonyl (C=O) groups excluding carboxylic acids is 1. The number of likely N-dealkylation sites (N-methyl/N-ethyl adjacent to an activating group) is 1. The van der Waals surface area contributed by atoms with Crippen molar-refractivity contribution < 1.29 is 32.9 Å². The highest BCUT2D eigenvalue weighted by Gasteiger charge is 2.23. The number of carbonyl (C=O) groups is 1. The van der Waals surface area contributed by atoms with Gasteiger partial charge in [-0.1, -0.05) is 101 Å². The molecule has 0 saturated heterocycles. The third-order valence-corrected chi connectivity index (χ3v) is 7.71. The largest absolute Gasteiger partial charge is 0.756 e. The van der Waals surface area contributed by atoms with E-state index in [1.807, 2.05) is 27.2 Å². The second-order valence-corrected chi connectivity index (χ2v) is 13.6. The summed E-state index contributed by atoms with van der Waals surface area (Å²) in [7, 11) is 1.22. The van der Waals surface area contributed by atoms with E-state index in [0.29, 0.717) is 17.4 Å². The average Bonchev–Trinajstić information content (AvgIpc) is 2.94. The summed E-state index contributed by atoms with van der Waals surface area (Å²) in [6.07, 6.45) is 30.3. The first-order chi connectivity index (χ1) is 20.5. The number of hydrogen-bond acceptors (Lipinski definition) is 6. The molecular formula is C34H63N2O6P. The lowest BCUT2D eigenvalue weighted by Gasteiger charge is -2.29. The molecule has 250 valence electrons. The van der Waals surface area contributed by atoms with Crippen LogP contribution in [-0.4, -0.2) is 68.5 Å². The molecule has 0 spiro atoms. The fraction of sp³-hybridized carbons (Fsp3) is 0.735. The Bertz CT molecular complexity index is 850. The summed E-state index contributed by atoms with van der Waals surface area (Å²) in [4.78, 5) is 25.0. The second-order valence-electron chi connectivity index (χ2n) is 12.1. The van der Waals surface area contributed by atoms with Crippen molar-refractivity contribution in [2.24, 2.45) is 0 Å². The number of phosphoric ester groups is 1. The van der Waals surface area contributed by atoms with Crippen molar-refractivity contribution in [2.45, 2.75) is 122 Å². The summed E-state index contributed by atoms with van der Waals surface area (Å²) < 4.78 is 22.9. The minimum atomic E-state index is -4.58. The van der Waals surface area contributed by atoms with Gasteiger partial charge in [0, 0.05) is 6.42 Å². The van der Waals surface area contributed by atoms with Crippen LogP contribution >= 0.6 is 7.82 Å². The maximum atomic E-state index is 12.7. The minimum Gasteiger partial charge on any atom is -0.756 e. The quantitative estimate of drug-likeness (QED) is 0.0413. The molecule has 0 rings (SSSR count). The fourth-order valence-corrected chi connectivity index (χ4v) is 4.73. The Balaban J connectivity index is 4.65. The van der Waals surface area contributed by atoms with Crippen LogP contribution in [0.2, 0.25) is 0 Å². The number of nitrogens with one attached hydrogen (secondary N) is 1. The van der Waals surface area contributed by atoms with Gasteiger partial charge in [0.1, 0.15) is 13.2 Å². The van der Waals surface area contributed by atoms with Crippen LogP contribution in [-0.2, 0) is 18.4 Å². The number of amides is 1. The van der Waals surface area contributed by atoms with Gasteiger partial charge in [-0.3, -0.25) is 9.36 Å². The molecule has 0 aliphatic rings. The lowest BCUT2D eigenvalue weighted by atomic mass is 10.1. The first kappa shape index (κ1) is 41.5. The number of quaternary nitrogens is 1. The minimum absolute atomic E-state index is 0.0117. The topological polar surface area (TPSA) is 108 Å². The maximum Gasteiger partial charge on any atom is 0.268 e. The van der Waals surface area contributed by atoms with Gasteiger partial charge in [-0.2, -0.15) is 0 Å². The van der Waals surface area contributed by atoms with Crippen molar-refractivity contribution in [1.29, 1.82) is 0 Å². The first-order valence-corrected chi connectivity index (χ1v) is 18.0. The molecule has 2 N–H and O–H groups in total. The predicted molar refractivity (Wildman–Crippen MR) is 178 cm³/mol. The van der Waals surface area contributed by atoms with E-state index in [0.717, 1.165) is 77.0 Å². The van der Waals surface area contributed by atoms with Gasteiger partial charge in [0.25, 0.3) is 7.82 Å². The van der Waals surface area contributed by atoms with E-state index in [1.165, 1.54) is 12.8 Å². The van der Waals surface area contributed by atoms with Crippen molar-refractivity contribution >= 4 is 13.7 Å². The molecule has 0 aromatic rings. The number of rotatable bonds is 28. The van der Waals surface area contributed by atoms with Crippen molar-refractivity contribution in [2.75, 3.05) is 40.9 Å². The van der Waals surface area contributed by atoms with Gasteiger partial charge < -0.3 is 28.8 Å². The average molecular weight is 627 g/mol. The zero-order chi connectivity index (χ0) is 32.2. The van der Waals surface area contributed by atoms with Gasteiger partial charge in [0.2, 0.25) is 5.91 Å². The summed E-state index contributed by atoms with van der Waals surface area (Å²) in [6.45, 7) is 4.42. The summed E-state index contributed by atoms with van der Waals surface area (Å²) in [6, 6.07) is -0.906. The van der Waals surface area contributed by atoms with Crippen LogP contribution in [0.1, 0.15) is 110 Å². The Morgan fingerprint density at radius 1 is 0.814 bits per heavy atom. The summed E-state index contributed by atoms with van der Waals surface area (Å²) in [5, 5.41) is 13.5. The van der Waals surface area contributed by atoms with E-state index in [4.69, 9.17) is 9.05 Å². The molecule has 3 unspecified atom stereocenters. The molecule has 0 aliphatic carbocycles. The molecule has 43 heavy (non-hydrogen) atoms. The van der Waals surface area contributed by atoms with Gasteiger partial charge in [0.15, 0.2) is 0 Å². The van der Waals surface area contributed by atoms with Crippen molar-refractivity contribution in [3.63, 3.8) is 0 Å². The second kappa shape index (κ2) is 26.8. The van der Waals surface area contributed by atoms with E-state index in [2.05, 4.69) is 55.6 Å². The number of phosphoric acid groups is 1. The molecule has 0 aromatic heterocycles. The molecule has 0 radical (unpaired) electrons. The predicted octanol–water partition coefficient (Wildman–Crippen LogP) is 7.16. The molecular weight excluding hydrogens is 563 g/mol. The smallest absolute Gasteiger partial charge is 0.268 e. The molecule has 0 aromatic carbocycles. The Morgan fingerprint density at radius 2 is 1.42 bits per heavy atom. The number of aliphatic hydroxyl groups is 1. The SMILES string of the molecule is CCC/C=C\C/C=C\CCCCCCCC(=O)NC(COP(=O)([O-])OCC[N+](C)(C)C)C(O)/C=C/CC/C=C/CCCC. The number of hydrogen-bond donors (Lipinski definition) is 2. The summed E-state index contributed by atoms with van der Waals surface area (Å²) in [5.41, 5.74) is 0. The van der Waals surface area contributed by atoms with Crippen LogP contribution in [0.3, 0.4) is 0 Å². The standard InChI is InChI=1S/C34H63N2O6P/c1-6-8-10-12-14-16-17-18-19-20-22-24-26-28-34(38)35-32(31-42-43(39,40)41-30-29-36(3,4)5)33(37)27-25-23-21-15-13-11-9-7-2/h10,12-13,15-17,25,27,32-33,37H,6-9,11,14,18-24,26,28-31H2,1-5H3,(H-,35,38,39,40)/b12-10-,15-13+,17-16-,27-25+. The van der Waals surface area contributed by atoms with Crippen molar-refractivity contribution in [1.82, 2.24) is 5.32 Å². The fourth-order valence-electron chi connectivity index (χ4n) is 4.01. The van der Waals surface area contributed by atoms with Gasteiger partial charge in [-0.15, -0.1) is 0 Å². The zero-order valence-corrected chi connectivity index (χ0v) is 28.8. The van der Waals surface area contributed by atoms with E-state index < -0.39 is 26.6 Å². The summed E-state index contributed by atoms with van der Waals surface area (Å²) in [5.74, 6) is -0.231. The molecule has 8 nitrogen and oxygen atoms in total. The van der Waals surface area contributed by atoms with E-state index >= 15 is 0 Å². The zero-order valence-electron chi connectivity index (χ0n) is 27.9. The number of aliphatic hydroxyl groups excluding tert-OH is 1. The van der Waals surface area contributed by atoms with Crippen LogP contribution in [0.4, 0.5) is 0 Å². The maximum absolute atomic E-state index is 12.7. The van der Waals surface area contributed by atoms with Gasteiger partial charge >= 0.3 is 0 Å². The first-order valence-electron chi connectivity index (χ1n) is 16.5. The van der Waals surface area contributed by atoms with E-state index in [-0.39, 0.29) is 12.5 Å². The van der Waals surface area contributed by atoms with E-state index in [9.17, 15) is 19.4 Å². The molecule has 0 bridgehead atoms. The number of nitrogens with zero attached hydrogens (tertiary/aromatic N) is 1. The highest BCUT2D eigenvalue weighted by Crippen LogP contribution is 2.38. The Morgan fingerprint density at radius 3 is 2.12 bits per heavy atom. The third-order valence-electron chi connectivity index (χ3n) is 6.74. The van der Waals surface area contributed by atoms with Gasteiger partial charge in [0.05, 0.1) is 39.9 Å². The van der Waals surface area contributed by atoms with Gasteiger partial charge in [-0.05, 0) is 51.4 Å². The van der Waals surface area contributed by atoms with Crippen molar-refractivity contribution in [3.05, 3.63) is 48.6 Å². The number of unbranched alkanes of at least 4 members (excludes halogenated alkanes) is 9. The Hall–Kier alpha value is -1.54. The Labute approximate surface area is 263 Å². The van der Waals surface area contributed by atoms with Crippen LogP contribution in [0.25, 0.3) is 0 Å². The number of allylic oxidation sites excluding steroid dienone is 7. The normalized spacial score (nSPS) is 15.6. The molecule has 0 heterocycles. The summed E-state index contributed by atoms with van der Waals surface area (Å²) >= 11 is 0. The lowest BCUT2D eigenvalue weighted by molar-refractivity contribution is -0.870. The molecule has 0 fully saturated rings. The van der Waals surface area contributed by atoms with E-state index in [1.54, 1.807) is 6.08 Å². The van der Waals surface area contributed by atoms with Crippen LogP contribution in [0, 0.1) is 0 Å². The monoisotopic (exact) mass is 626 g/mol. The van der Waals surface area contributed by atoms with Gasteiger partial charge in [-0.25, -0.2) is 0 Å². The highest BCUT2D eigenvalue weighted by atomic mass is 31.2. The molecule has 0 saturated carbocycles. The van der Waals surface area contributed by atoms with Crippen LogP contribution in [0.15, 0.2) is 48.6 Å². The van der Waals surface area contributed by atoms with Crippen LogP contribution < -0.4 is 10.2 Å². The third kappa shape index (κ3) is 29.0. The molecule has 3 atom stereocenters.